The normalized spacial score (nSPS) is 11.2. The molecule has 33 heavy (non-hydrogen) atoms. The second-order valence-electron chi connectivity index (χ2n) is 7.60. The molecule has 3 aromatic carbocycles. The zero-order valence-electron chi connectivity index (χ0n) is 18.8. The number of aryl methyl sites for hydroxylation is 2. The third-order valence-electron chi connectivity index (χ3n) is 5.00. The summed E-state index contributed by atoms with van der Waals surface area (Å²) < 4.78 is 5.61. The van der Waals surface area contributed by atoms with Crippen LogP contribution in [0.15, 0.2) is 72.8 Å². The average molecular weight is 446 g/mol. The Morgan fingerprint density at radius 3 is 2.18 bits per heavy atom. The number of nitrogens with one attached hydrogen (secondary N) is 3. The molecule has 7 nitrogen and oxygen atoms in total. The summed E-state index contributed by atoms with van der Waals surface area (Å²) in [5.74, 6) is -0.629. The molecule has 3 rings (SSSR count). The van der Waals surface area contributed by atoms with Gasteiger partial charge in [0.1, 0.15) is 5.75 Å². The van der Waals surface area contributed by atoms with E-state index in [1.807, 2.05) is 31.2 Å². The van der Waals surface area contributed by atoms with Gasteiger partial charge in [-0.25, -0.2) is 0 Å². The van der Waals surface area contributed by atoms with Gasteiger partial charge in [0, 0.05) is 16.8 Å². The van der Waals surface area contributed by atoms with Crippen LogP contribution >= 0.6 is 0 Å². The van der Waals surface area contributed by atoms with E-state index in [1.54, 1.807) is 55.5 Å². The molecule has 0 spiro atoms. The van der Waals surface area contributed by atoms with Crippen LogP contribution in [0, 0.1) is 6.92 Å². The highest BCUT2D eigenvalue weighted by Gasteiger charge is 2.16. The molecule has 0 bridgehead atoms. The SMILES string of the molecule is CCc1ccc(OC(C)C(=O)NNC(=O)c2ccc(NC(=O)c3cccc(C)c3)cc2)cc1. The lowest BCUT2D eigenvalue weighted by Gasteiger charge is -2.15. The number of ether oxygens (including phenoxy) is 1. The first-order chi connectivity index (χ1) is 15.9. The van der Waals surface area contributed by atoms with Crippen molar-refractivity contribution in [2.75, 3.05) is 5.32 Å². The first kappa shape index (κ1) is 23.5. The van der Waals surface area contributed by atoms with E-state index in [1.165, 1.54) is 5.56 Å². The third-order valence-corrected chi connectivity index (χ3v) is 5.00. The lowest BCUT2D eigenvalue weighted by molar-refractivity contribution is -0.128. The van der Waals surface area contributed by atoms with Crippen molar-refractivity contribution in [2.45, 2.75) is 33.3 Å². The van der Waals surface area contributed by atoms with Gasteiger partial charge in [-0.15, -0.1) is 0 Å². The fourth-order valence-electron chi connectivity index (χ4n) is 3.05. The summed E-state index contributed by atoms with van der Waals surface area (Å²) in [5.41, 5.74) is 8.33. The van der Waals surface area contributed by atoms with Crippen LogP contribution in [0.25, 0.3) is 0 Å². The molecule has 0 aromatic heterocycles. The van der Waals surface area contributed by atoms with E-state index < -0.39 is 17.9 Å². The van der Waals surface area contributed by atoms with E-state index in [2.05, 4.69) is 23.1 Å². The average Bonchev–Trinajstić information content (AvgIpc) is 2.83. The third kappa shape index (κ3) is 6.67. The molecule has 0 saturated heterocycles. The van der Waals surface area contributed by atoms with Crippen molar-refractivity contribution >= 4 is 23.4 Å². The minimum atomic E-state index is -0.794. The van der Waals surface area contributed by atoms with Crippen LogP contribution in [0.3, 0.4) is 0 Å². The molecule has 0 saturated carbocycles. The van der Waals surface area contributed by atoms with Gasteiger partial charge >= 0.3 is 0 Å². The largest absolute Gasteiger partial charge is 0.481 e. The van der Waals surface area contributed by atoms with Crippen LogP contribution in [0.1, 0.15) is 45.7 Å². The molecule has 7 heteroatoms. The van der Waals surface area contributed by atoms with E-state index in [9.17, 15) is 14.4 Å². The Hall–Kier alpha value is -4.13. The number of carbonyl (C=O) groups excluding carboxylic acids is 3. The lowest BCUT2D eigenvalue weighted by atomic mass is 10.1. The summed E-state index contributed by atoms with van der Waals surface area (Å²) in [6.45, 7) is 5.57. The van der Waals surface area contributed by atoms with Crippen LogP contribution in [0.4, 0.5) is 5.69 Å². The summed E-state index contributed by atoms with van der Waals surface area (Å²) in [6, 6.07) is 21.1. The van der Waals surface area contributed by atoms with Gasteiger partial charge < -0.3 is 10.1 Å². The Morgan fingerprint density at radius 2 is 1.55 bits per heavy atom. The molecule has 0 fully saturated rings. The predicted molar refractivity (Wildman–Crippen MR) is 127 cm³/mol. The number of hydrazine groups is 1. The fraction of sp³-hybridized carbons (Fsp3) is 0.192. The molecule has 3 amide bonds. The summed E-state index contributed by atoms with van der Waals surface area (Å²) in [4.78, 5) is 36.9. The van der Waals surface area contributed by atoms with Crippen LogP contribution in [0.2, 0.25) is 0 Å². The zero-order chi connectivity index (χ0) is 23.8. The minimum absolute atomic E-state index is 0.235. The smallest absolute Gasteiger partial charge is 0.279 e. The summed E-state index contributed by atoms with van der Waals surface area (Å²) >= 11 is 0. The van der Waals surface area contributed by atoms with Gasteiger partial charge in [-0.1, -0.05) is 36.8 Å². The van der Waals surface area contributed by atoms with Gasteiger partial charge in [-0.3, -0.25) is 25.2 Å². The Balaban J connectivity index is 1.49. The van der Waals surface area contributed by atoms with Crippen LogP contribution < -0.4 is 20.9 Å². The molecule has 3 aromatic rings. The number of benzene rings is 3. The van der Waals surface area contributed by atoms with Crippen molar-refractivity contribution in [3.8, 4) is 5.75 Å². The highest BCUT2D eigenvalue weighted by molar-refractivity contribution is 6.04. The lowest BCUT2D eigenvalue weighted by Crippen LogP contribution is -2.47. The first-order valence-electron chi connectivity index (χ1n) is 10.7. The number of rotatable bonds is 7. The van der Waals surface area contributed by atoms with Gasteiger partial charge in [-0.05, 0) is 74.4 Å². The second kappa shape index (κ2) is 10.9. The zero-order valence-corrected chi connectivity index (χ0v) is 18.8. The van der Waals surface area contributed by atoms with E-state index in [4.69, 9.17) is 4.74 Å². The summed E-state index contributed by atoms with van der Waals surface area (Å²) in [7, 11) is 0. The van der Waals surface area contributed by atoms with Gasteiger partial charge in [0.2, 0.25) is 0 Å². The molecule has 0 aliphatic carbocycles. The van der Waals surface area contributed by atoms with Crippen molar-refractivity contribution in [1.82, 2.24) is 10.9 Å². The second-order valence-corrected chi connectivity index (χ2v) is 7.60. The van der Waals surface area contributed by atoms with Gasteiger partial charge in [0.05, 0.1) is 0 Å². The van der Waals surface area contributed by atoms with E-state index in [0.29, 0.717) is 22.6 Å². The molecule has 0 radical (unpaired) electrons. The van der Waals surface area contributed by atoms with Crippen molar-refractivity contribution in [3.63, 3.8) is 0 Å². The van der Waals surface area contributed by atoms with Crippen LogP contribution in [-0.2, 0) is 11.2 Å². The molecule has 170 valence electrons. The molecule has 0 aliphatic rings. The Kier molecular flexibility index (Phi) is 7.81. The fourth-order valence-corrected chi connectivity index (χ4v) is 3.05. The maximum atomic E-state index is 12.3. The first-order valence-corrected chi connectivity index (χ1v) is 10.7. The monoisotopic (exact) mass is 445 g/mol. The molecule has 1 unspecified atom stereocenters. The van der Waals surface area contributed by atoms with E-state index in [0.717, 1.165) is 12.0 Å². The van der Waals surface area contributed by atoms with Crippen LogP contribution in [-0.4, -0.2) is 23.8 Å². The van der Waals surface area contributed by atoms with Gasteiger partial charge in [-0.2, -0.15) is 0 Å². The molecule has 0 heterocycles. The quantitative estimate of drug-likeness (QED) is 0.478. The summed E-state index contributed by atoms with van der Waals surface area (Å²) in [5, 5.41) is 2.79. The Labute approximate surface area is 193 Å². The highest BCUT2D eigenvalue weighted by Crippen LogP contribution is 2.15. The van der Waals surface area contributed by atoms with Crippen molar-refractivity contribution in [3.05, 3.63) is 95.1 Å². The topological polar surface area (TPSA) is 96.5 Å². The predicted octanol–water partition coefficient (Wildman–Crippen LogP) is 4.04. The summed E-state index contributed by atoms with van der Waals surface area (Å²) in [6.07, 6.45) is 0.125. The molecular weight excluding hydrogens is 418 g/mol. The minimum Gasteiger partial charge on any atom is -0.481 e. The maximum absolute atomic E-state index is 12.3. The standard InChI is InChI=1S/C26H27N3O4/c1-4-19-8-14-23(15-9-19)33-18(3)24(30)28-29-26(32)20-10-12-22(13-11-20)27-25(31)21-7-5-6-17(2)16-21/h5-16,18H,4H2,1-3H3,(H,27,31)(H,28,30)(H,29,32). The number of hydrogen-bond donors (Lipinski definition) is 3. The number of anilines is 1. The van der Waals surface area contributed by atoms with Crippen molar-refractivity contribution in [1.29, 1.82) is 0 Å². The molecule has 3 N–H and O–H groups in total. The van der Waals surface area contributed by atoms with Gasteiger partial charge in [0.25, 0.3) is 17.7 Å². The van der Waals surface area contributed by atoms with E-state index in [-0.39, 0.29) is 5.91 Å². The number of amides is 3. The molecular formula is C26H27N3O4. The van der Waals surface area contributed by atoms with E-state index >= 15 is 0 Å². The Bertz CT molecular complexity index is 1130. The maximum Gasteiger partial charge on any atom is 0.279 e. The molecule has 0 aliphatic heterocycles. The van der Waals surface area contributed by atoms with Crippen molar-refractivity contribution in [2.24, 2.45) is 0 Å². The Morgan fingerprint density at radius 1 is 0.848 bits per heavy atom. The molecule has 1 atom stereocenters. The number of hydrogen-bond acceptors (Lipinski definition) is 4. The number of carbonyl (C=O) groups is 3. The highest BCUT2D eigenvalue weighted by atomic mass is 16.5. The van der Waals surface area contributed by atoms with Crippen molar-refractivity contribution < 1.29 is 19.1 Å². The van der Waals surface area contributed by atoms with Crippen LogP contribution in [0.5, 0.6) is 5.75 Å². The van der Waals surface area contributed by atoms with Gasteiger partial charge in [0.15, 0.2) is 6.10 Å².